The molecule has 1 unspecified atom stereocenters. The number of rotatable bonds is 8. The van der Waals surface area contributed by atoms with Gasteiger partial charge in [-0.15, -0.1) is 0 Å². The number of benzene rings is 3. The molecule has 0 spiro atoms. The van der Waals surface area contributed by atoms with Crippen LogP contribution in [0.4, 0.5) is 0 Å². The summed E-state index contributed by atoms with van der Waals surface area (Å²) in [5.41, 5.74) is 3.66. The van der Waals surface area contributed by atoms with Gasteiger partial charge in [0.15, 0.2) is 5.54 Å². The summed E-state index contributed by atoms with van der Waals surface area (Å²) >= 11 is 0. The molecule has 3 aromatic rings. The van der Waals surface area contributed by atoms with Crippen LogP contribution >= 0.6 is 0 Å². The van der Waals surface area contributed by atoms with Gasteiger partial charge in [-0.3, -0.25) is 19.2 Å². The molecule has 170 valence electrons. The molecule has 7 nitrogen and oxygen atoms in total. The summed E-state index contributed by atoms with van der Waals surface area (Å²) in [6, 6.07) is 26.1. The third-order valence-electron chi connectivity index (χ3n) is 5.57. The minimum atomic E-state index is -1.83. The van der Waals surface area contributed by atoms with Crippen LogP contribution in [0.25, 0.3) is 11.1 Å². The lowest BCUT2D eigenvalue weighted by atomic mass is 9.96. The summed E-state index contributed by atoms with van der Waals surface area (Å²) in [4.78, 5) is 45.3. The van der Waals surface area contributed by atoms with Crippen molar-refractivity contribution in [1.29, 1.82) is 0 Å². The van der Waals surface area contributed by atoms with Gasteiger partial charge >= 0.3 is 0 Å². The van der Waals surface area contributed by atoms with Crippen molar-refractivity contribution >= 4 is 17.7 Å². The summed E-state index contributed by atoms with van der Waals surface area (Å²) in [6.45, 7) is 1.50. The summed E-state index contributed by atoms with van der Waals surface area (Å²) < 4.78 is 0. The van der Waals surface area contributed by atoms with Gasteiger partial charge in [0, 0.05) is 19.7 Å². The van der Waals surface area contributed by atoms with Gasteiger partial charge in [-0.25, -0.2) is 5.48 Å². The highest BCUT2D eigenvalue weighted by Gasteiger charge is 2.47. The van der Waals surface area contributed by atoms with E-state index < -0.39 is 23.3 Å². The largest absolute Gasteiger partial charge is 0.357 e. The second kappa shape index (κ2) is 10.6. The first kappa shape index (κ1) is 23.7. The molecule has 3 amide bonds. The molecule has 0 bridgehead atoms. The number of hydrogen-bond acceptors (Lipinski definition) is 4. The van der Waals surface area contributed by atoms with E-state index >= 15 is 0 Å². The number of nitrogens with zero attached hydrogens (tertiary/aromatic N) is 1. The fourth-order valence-corrected chi connectivity index (χ4v) is 3.34. The normalized spacial score (nSPS) is 12.3. The maximum absolute atomic E-state index is 13.2. The van der Waals surface area contributed by atoms with Gasteiger partial charge in [-0.05, 0) is 35.7 Å². The van der Waals surface area contributed by atoms with Crippen LogP contribution in [0, 0.1) is 0 Å². The van der Waals surface area contributed by atoms with E-state index in [4.69, 9.17) is 4.84 Å². The predicted octanol–water partition coefficient (Wildman–Crippen LogP) is 3.18. The lowest BCUT2D eigenvalue weighted by Crippen LogP contribution is -2.64. The Labute approximate surface area is 193 Å². The Morgan fingerprint density at radius 3 is 1.94 bits per heavy atom. The molecule has 1 atom stereocenters. The molecular weight excluding hydrogens is 418 g/mol. The van der Waals surface area contributed by atoms with E-state index in [0.29, 0.717) is 5.56 Å². The van der Waals surface area contributed by atoms with Crippen molar-refractivity contribution in [1.82, 2.24) is 15.7 Å². The van der Waals surface area contributed by atoms with Crippen molar-refractivity contribution < 1.29 is 19.2 Å². The number of likely N-dealkylation sites (N-methyl/N-ethyl adjacent to an activating group) is 2. The fraction of sp³-hybridized carbons (Fsp3) is 0.192. The molecule has 0 radical (unpaired) electrons. The SMILES string of the molecule is CNC(=O)C(C)(C(=O)NOCc1ccccc1)N(C)C(=O)c1ccc(-c2ccccc2)cc1. The number of amides is 3. The van der Waals surface area contributed by atoms with Crippen LogP contribution in [0.1, 0.15) is 22.8 Å². The first-order valence-electron chi connectivity index (χ1n) is 10.5. The van der Waals surface area contributed by atoms with E-state index in [1.807, 2.05) is 72.8 Å². The third kappa shape index (κ3) is 5.27. The Hall–Kier alpha value is -3.97. The summed E-state index contributed by atoms with van der Waals surface area (Å²) in [5.74, 6) is -1.87. The number of hydroxylamine groups is 1. The average molecular weight is 446 g/mol. The number of nitrogens with one attached hydrogen (secondary N) is 2. The molecule has 0 aromatic heterocycles. The van der Waals surface area contributed by atoms with E-state index in [1.54, 1.807) is 12.1 Å². The van der Waals surface area contributed by atoms with Crippen LogP contribution < -0.4 is 10.8 Å². The minimum absolute atomic E-state index is 0.120. The van der Waals surface area contributed by atoms with Gasteiger partial charge in [0.2, 0.25) is 0 Å². The third-order valence-corrected chi connectivity index (χ3v) is 5.57. The molecule has 33 heavy (non-hydrogen) atoms. The van der Waals surface area contributed by atoms with Gasteiger partial charge in [0.1, 0.15) is 0 Å². The number of carbonyl (C=O) groups excluding carboxylic acids is 3. The van der Waals surface area contributed by atoms with Gasteiger partial charge in [0.25, 0.3) is 17.7 Å². The predicted molar refractivity (Wildman–Crippen MR) is 126 cm³/mol. The van der Waals surface area contributed by atoms with E-state index in [1.165, 1.54) is 21.0 Å². The van der Waals surface area contributed by atoms with Crippen LogP contribution in [0.5, 0.6) is 0 Å². The first-order valence-corrected chi connectivity index (χ1v) is 10.5. The van der Waals surface area contributed by atoms with E-state index in [9.17, 15) is 14.4 Å². The Morgan fingerprint density at radius 1 is 0.818 bits per heavy atom. The van der Waals surface area contributed by atoms with Crippen LogP contribution in [-0.2, 0) is 21.0 Å². The van der Waals surface area contributed by atoms with E-state index in [2.05, 4.69) is 10.8 Å². The zero-order valence-corrected chi connectivity index (χ0v) is 18.9. The molecule has 2 N–H and O–H groups in total. The van der Waals surface area contributed by atoms with E-state index in [0.717, 1.165) is 21.6 Å². The van der Waals surface area contributed by atoms with Crippen molar-refractivity contribution in [3.63, 3.8) is 0 Å². The number of hydrogen-bond donors (Lipinski definition) is 2. The van der Waals surface area contributed by atoms with Crippen LogP contribution in [0.2, 0.25) is 0 Å². The van der Waals surface area contributed by atoms with E-state index in [-0.39, 0.29) is 6.61 Å². The number of carbonyl (C=O) groups is 3. The van der Waals surface area contributed by atoms with Crippen molar-refractivity contribution in [2.24, 2.45) is 0 Å². The first-order chi connectivity index (χ1) is 15.9. The lowest BCUT2D eigenvalue weighted by molar-refractivity contribution is -0.152. The summed E-state index contributed by atoms with van der Waals surface area (Å²) in [6.07, 6.45) is 0. The molecule has 3 aromatic carbocycles. The second-order valence-electron chi connectivity index (χ2n) is 7.66. The Kier molecular flexibility index (Phi) is 7.58. The van der Waals surface area contributed by atoms with Crippen LogP contribution in [0.15, 0.2) is 84.9 Å². The molecule has 0 heterocycles. The van der Waals surface area contributed by atoms with Crippen molar-refractivity contribution in [2.45, 2.75) is 19.1 Å². The molecule has 0 aliphatic carbocycles. The standard InChI is InChI=1S/C26H27N3O4/c1-26(24(31)27-2,25(32)28-33-18-19-10-6-4-7-11-19)29(3)23(30)22-16-14-21(15-17-22)20-12-8-5-9-13-20/h4-17H,18H2,1-3H3,(H,27,31)(H,28,32). The highest BCUT2D eigenvalue weighted by Crippen LogP contribution is 2.22. The van der Waals surface area contributed by atoms with Gasteiger partial charge in [-0.1, -0.05) is 72.8 Å². The summed E-state index contributed by atoms with van der Waals surface area (Å²) in [5, 5.41) is 2.46. The highest BCUT2D eigenvalue weighted by atomic mass is 16.7. The lowest BCUT2D eigenvalue weighted by Gasteiger charge is -2.35. The molecule has 0 aliphatic rings. The fourth-order valence-electron chi connectivity index (χ4n) is 3.34. The Balaban J connectivity index is 1.75. The molecule has 0 aliphatic heterocycles. The molecule has 3 rings (SSSR count). The molecule has 0 saturated carbocycles. The monoisotopic (exact) mass is 445 g/mol. The zero-order chi connectivity index (χ0) is 23.8. The summed E-state index contributed by atoms with van der Waals surface area (Å²) in [7, 11) is 2.82. The molecular formula is C26H27N3O4. The quantitative estimate of drug-likeness (QED) is 0.412. The second-order valence-corrected chi connectivity index (χ2v) is 7.66. The highest BCUT2D eigenvalue weighted by molar-refractivity contribution is 6.12. The van der Waals surface area contributed by atoms with Crippen molar-refractivity contribution in [3.8, 4) is 11.1 Å². The Morgan fingerprint density at radius 2 is 1.36 bits per heavy atom. The molecule has 7 heteroatoms. The van der Waals surface area contributed by atoms with Gasteiger partial charge in [-0.2, -0.15) is 0 Å². The smallest absolute Gasteiger partial charge is 0.279 e. The maximum Gasteiger partial charge on any atom is 0.279 e. The molecule has 0 fully saturated rings. The van der Waals surface area contributed by atoms with Gasteiger partial charge < -0.3 is 10.2 Å². The van der Waals surface area contributed by atoms with Crippen molar-refractivity contribution in [2.75, 3.05) is 14.1 Å². The minimum Gasteiger partial charge on any atom is -0.357 e. The maximum atomic E-state index is 13.2. The molecule has 0 saturated heterocycles. The van der Waals surface area contributed by atoms with Crippen LogP contribution in [-0.4, -0.2) is 42.3 Å². The average Bonchev–Trinajstić information content (AvgIpc) is 2.88. The van der Waals surface area contributed by atoms with Crippen LogP contribution in [0.3, 0.4) is 0 Å². The Bertz CT molecular complexity index is 1100. The topological polar surface area (TPSA) is 87.7 Å². The van der Waals surface area contributed by atoms with Gasteiger partial charge in [0.05, 0.1) is 6.61 Å². The van der Waals surface area contributed by atoms with Crippen molar-refractivity contribution in [3.05, 3.63) is 96.1 Å². The zero-order valence-electron chi connectivity index (χ0n) is 18.9.